The highest BCUT2D eigenvalue weighted by Gasteiger charge is 2.06. The van der Waals surface area contributed by atoms with Crippen LogP contribution in [0.2, 0.25) is 0 Å². The summed E-state index contributed by atoms with van der Waals surface area (Å²) in [4.78, 5) is 10.7. The average Bonchev–Trinajstić information content (AvgIpc) is 2.20. The topological polar surface area (TPSA) is 61.1 Å². The zero-order chi connectivity index (χ0) is 12.4. The van der Waals surface area contributed by atoms with Crippen LogP contribution in [0.15, 0.2) is 11.6 Å². The molecule has 1 N–H and O–H groups in total. The molecule has 3 heteroatoms. The molecular weight excluding hydrogens is 202 g/mol. The second-order valence-corrected chi connectivity index (χ2v) is 4.45. The van der Waals surface area contributed by atoms with Gasteiger partial charge in [-0.2, -0.15) is 5.26 Å². The van der Waals surface area contributed by atoms with Gasteiger partial charge in [-0.25, -0.2) is 4.79 Å². The number of hydrogen-bond donors (Lipinski definition) is 1. The molecule has 0 amide bonds. The van der Waals surface area contributed by atoms with E-state index in [2.05, 4.69) is 13.8 Å². The molecule has 0 aromatic heterocycles. The van der Waals surface area contributed by atoms with Crippen LogP contribution < -0.4 is 0 Å². The van der Waals surface area contributed by atoms with Crippen LogP contribution in [-0.2, 0) is 4.79 Å². The van der Waals surface area contributed by atoms with Gasteiger partial charge in [0.05, 0.1) is 6.07 Å². The summed E-state index contributed by atoms with van der Waals surface area (Å²) in [7, 11) is 0. The van der Waals surface area contributed by atoms with Crippen molar-refractivity contribution in [2.45, 2.75) is 52.4 Å². The van der Waals surface area contributed by atoms with Crippen molar-refractivity contribution < 1.29 is 9.90 Å². The van der Waals surface area contributed by atoms with E-state index < -0.39 is 5.97 Å². The first-order valence-corrected chi connectivity index (χ1v) is 5.90. The minimum atomic E-state index is -0.969. The molecule has 0 aromatic rings. The van der Waals surface area contributed by atoms with E-state index >= 15 is 0 Å². The van der Waals surface area contributed by atoms with Crippen molar-refractivity contribution in [1.82, 2.24) is 0 Å². The smallest absolute Gasteiger partial charge is 0.332 e. The molecule has 3 nitrogen and oxygen atoms in total. The van der Waals surface area contributed by atoms with Crippen LogP contribution in [0.3, 0.4) is 0 Å². The van der Waals surface area contributed by atoms with E-state index in [1.807, 2.05) is 0 Å². The fourth-order valence-electron chi connectivity index (χ4n) is 1.54. The molecule has 0 unspecified atom stereocenters. The Balaban J connectivity index is 3.61. The van der Waals surface area contributed by atoms with Crippen LogP contribution in [0.4, 0.5) is 0 Å². The van der Waals surface area contributed by atoms with Crippen LogP contribution in [-0.4, -0.2) is 11.1 Å². The Hall–Kier alpha value is -1.30. The standard InChI is InChI=1S/C13H21NO2/c1-11(2)7-5-3-4-6-8-12(9-10-14)13(15)16/h9,11H,3-8H2,1-2H3,(H,15,16). The Labute approximate surface area is 97.8 Å². The van der Waals surface area contributed by atoms with Gasteiger partial charge in [-0.1, -0.05) is 39.5 Å². The summed E-state index contributed by atoms with van der Waals surface area (Å²) >= 11 is 0. The number of nitrogens with zero attached hydrogens (tertiary/aromatic N) is 1. The molecular formula is C13H21NO2. The van der Waals surface area contributed by atoms with Gasteiger partial charge < -0.3 is 5.11 Å². The summed E-state index contributed by atoms with van der Waals surface area (Å²) in [5.41, 5.74) is 0.228. The SMILES string of the molecule is CC(C)CCCCCCC(=CC#N)C(=O)O. The van der Waals surface area contributed by atoms with Crippen LogP contribution >= 0.6 is 0 Å². The number of rotatable bonds is 8. The maximum absolute atomic E-state index is 10.7. The molecule has 0 radical (unpaired) electrons. The van der Waals surface area contributed by atoms with Crippen molar-refractivity contribution >= 4 is 5.97 Å². The lowest BCUT2D eigenvalue weighted by atomic mass is 10.0. The molecule has 16 heavy (non-hydrogen) atoms. The van der Waals surface area contributed by atoms with E-state index in [1.54, 1.807) is 6.07 Å². The largest absolute Gasteiger partial charge is 0.478 e. The van der Waals surface area contributed by atoms with E-state index in [0.717, 1.165) is 31.3 Å². The van der Waals surface area contributed by atoms with E-state index in [1.165, 1.54) is 12.8 Å². The van der Waals surface area contributed by atoms with Crippen molar-refractivity contribution in [2.75, 3.05) is 0 Å². The Morgan fingerprint density at radius 3 is 2.44 bits per heavy atom. The number of carboxylic acids is 1. The Morgan fingerprint density at radius 1 is 1.31 bits per heavy atom. The third kappa shape index (κ3) is 8.05. The van der Waals surface area contributed by atoms with Crippen molar-refractivity contribution in [3.63, 3.8) is 0 Å². The van der Waals surface area contributed by atoms with Gasteiger partial charge in [-0.3, -0.25) is 0 Å². The number of unbranched alkanes of at least 4 members (excludes halogenated alkanes) is 3. The number of carboxylic acid groups (broad SMARTS) is 1. The summed E-state index contributed by atoms with van der Waals surface area (Å²) in [6, 6.07) is 1.77. The minimum Gasteiger partial charge on any atom is -0.478 e. The van der Waals surface area contributed by atoms with Crippen LogP contribution in [0.5, 0.6) is 0 Å². The second-order valence-electron chi connectivity index (χ2n) is 4.45. The number of allylic oxidation sites excluding steroid dienone is 1. The fourth-order valence-corrected chi connectivity index (χ4v) is 1.54. The molecule has 0 saturated carbocycles. The van der Waals surface area contributed by atoms with E-state index in [9.17, 15) is 4.79 Å². The minimum absolute atomic E-state index is 0.228. The molecule has 0 aliphatic carbocycles. The first-order valence-electron chi connectivity index (χ1n) is 5.90. The second kappa shape index (κ2) is 8.96. The zero-order valence-corrected chi connectivity index (χ0v) is 10.2. The lowest BCUT2D eigenvalue weighted by Crippen LogP contribution is -2.00. The zero-order valence-electron chi connectivity index (χ0n) is 10.2. The lowest BCUT2D eigenvalue weighted by Gasteiger charge is -2.04. The molecule has 0 fully saturated rings. The van der Waals surface area contributed by atoms with Gasteiger partial charge in [0, 0.05) is 11.6 Å². The van der Waals surface area contributed by atoms with E-state index in [0.29, 0.717) is 6.42 Å². The third-order valence-electron chi connectivity index (χ3n) is 2.49. The number of carbonyl (C=O) groups is 1. The van der Waals surface area contributed by atoms with Gasteiger partial charge in [0.1, 0.15) is 0 Å². The molecule has 0 aliphatic rings. The van der Waals surface area contributed by atoms with Crippen LogP contribution in [0.1, 0.15) is 52.4 Å². The molecule has 0 heterocycles. The van der Waals surface area contributed by atoms with Gasteiger partial charge in [0.2, 0.25) is 0 Å². The third-order valence-corrected chi connectivity index (χ3v) is 2.49. The maximum Gasteiger partial charge on any atom is 0.332 e. The quantitative estimate of drug-likeness (QED) is 0.389. The van der Waals surface area contributed by atoms with Crippen molar-refractivity contribution in [1.29, 1.82) is 5.26 Å². The van der Waals surface area contributed by atoms with E-state index in [4.69, 9.17) is 10.4 Å². The Bertz CT molecular complexity index is 274. The Kier molecular flexibility index (Phi) is 8.24. The number of aliphatic carboxylic acids is 1. The molecule has 0 bridgehead atoms. The first-order chi connectivity index (χ1) is 7.57. The van der Waals surface area contributed by atoms with Gasteiger partial charge in [-0.05, 0) is 18.8 Å². The molecule has 90 valence electrons. The number of hydrogen-bond acceptors (Lipinski definition) is 2. The van der Waals surface area contributed by atoms with Crippen molar-refractivity contribution in [3.05, 3.63) is 11.6 Å². The van der Waals surface area contributed by atoms with Crippen molar-refractivity contribution in [2.24, 2.45) is 5.92 Å². The van der Waals surface area contributed by atoms with Gasteiger partial charge in [-0.15, -0.1) is 0 Å². The molecule has 0 aliphatic heterocycles. The van der Waals surface area contributed by atoms with Crippen molar-refractivity contribution in [3.8, 4) is 6.07 Å². The molecule has 0 spiro atoms. The predicted octanol–water partition coefficient (Wildman–Crippen LogP) is 3.52. The van der Waals surface area contributed by atoms with Crippen LogP contribution in [0.25, 0.3) is 0 Å². The average molecular weight is 223 g/mol. The summed E-state index contributed by atoms with van der Waals surface area (Å²) in [5.74, 6) is -0.225. The highest BCUT2D eigenvalue weighted by Crippen LogP contribution is 2.13. The van der Waals surface area contributed by atoms with E-state index in [-0.39, 0.29) is 5.57 Å². The van der Waals surface area contributed by atoms with Gasteiger partial charge in [0.15, 0.2) is 0 Å². The molecule has 0 saturated heterocycles. The molecule has 0 aromatic carbocycles. The number of nitriles is 1. The summed E-state index contributed by atoms with van der Waals surface area (Å²) < 4.78 is 0. The normalized spacial score (nSPS) is 11.5. The molecule has 0 atom stereocenters. The highest BCUT2D eigenvalue weighted by atomic mass is 16.4. The van der Waals surface area contributed by atoms with Gasteiger partial charge >= 0.3 is 5.97 Å². The predicted molar refractivity (Wildman–Crippen MR) is 63.9 cm³/mol. The molecule has 0 rings (SSSR count). The Morgan fingerprint density at radius 2 is 1.94 bits per heavy atom. The monoisotopic (exact) mass is 223 g/mol. The highest BCUT2D eigenvalue weighted by molar-refractivity contribution is 5.87. The first kappa shape index (κ1) is 14.7. The summed E-state index contributed by atoms with van der Waals surface area (Å²) in [5, 5.41) is 17.2. The summed E-state index contributed by atoms with van der Waals surface area (Å²) in [6.07, 6.45) is 7.14. The van der Waals surface area contributed by atoms with Gasteiger partial charge in [0.25, 0.3) is 0 Å². The lowest BCUT2D eigenvalue weighted by molar-refractivity contribution is -0.132. The summed E-state index contributed by atoms with van der Waals surface area (Å²) in [6.45, 7) is 4.41. The van der Waals surface area contributed by atoms with Crippen LogP contribution in [0, 0.1) is 17.2 Å². The fraction of sp³-hybridized carbons (Fsp3) is 0.692. The maximum atomic E-state index is 10.7.